The maximum absolute atomic E-state index is 13.5. The van der Waals surface area contributed by atoms with Gasteiger partial charge in [0.2, 0.25) is 0 Å². The number of hydrogen-bond donors (Lipinski definition) is 1. The molecule has 0 aliphatic carbocycles. The SMILES string of the molecule is CC1CC(COP(=O)(OCCCCSC(=O)C(C)(C)C)OCCCCSC(=O)C(C)(C)C)OC1n1ccc(=O)[nH]c1=O. The highest BCUT2D eigenvalue weighted by atomic mass is 32.2. The van der Waals surface area contributed by atoms with Gasteiger partial charge >= 0.3 is 13.5 Å². The van der Waals surface area contributed by atoms with Crippen molar-refractivity contribution in [1.82, 2.24) is 9.55 Å². The van der Waals surface area contributed by atoms with Crippen molar-refractivity contribution in [3.8, 4) is 0 Å². The maximum atomic E-state index is 13.5. The van der Waals surface area contributed by atoms with Gasteiger partial charge in [-0.15, -0.1) is 0 Å². The molecule has 1 aromatic heterocycles. The number of ether oxygens (including phenoxy) is 1. The van der Waals surface area contributed by atoms with E-state index in [-0.39, 0.29) is 36.0 Å². The van der Waals surface area contributed by atoms with Crippen molar-refractivity contribution in [2.45, 2.75) is 92.9 Å². The summed E-state index contributed by atoms with van der Waals surface area (Å²) in [5, 5.41) is 0.243. The van der Waals surface area contributed by atoms with Gasteiger partial charge in [0.1, 0.15) is 6.23 Å². The number of carbonyl (C=O) groups is 2. The molecule has 11 nitrogen and oxygen atoms in total. The van der Waals surface area contributed by atoms with Crippen LogP contribution in [0, 0.1) is 16.7 Å². The summed E-state index contributed by atoms with van der Waals surface area (Å²) in [5.41, 5.74) is -1.86. The number of carbonyl (C=O) groups excluding carboxylic acids is 2. The van der Waals surface area contributed by atoms with Gasteiger partial charge in [0.15, 0.2) is 10.2 Å². The molecule has 1 saturated heterocycles. The lowest BCUT2D eigenvalue weighted by Gasteiger charge is -2.21. The van der Waals surface area contributed by atoms with Gasteiger partial charge in [-0.25, -0.2) is 9.36 Å². The Kier molecular flexibility index (Phi) is 14.7. The number of nitrogens with one attached hydrogen (secondary N) is 1. The zero-order chi connectivity index (χ0) is 31.6. The molecule has 14 heteroatoms. The number of H-pyrrole nitrogens is 1. The van der Waals surface area contributed by atoms with Crippen molar-refractivity contribution in [3.05, 3.63) is 33.1 Å². The first-order valence-electron chi connectivity index (χ1n) is 14.4. The van der Waals surface area contributed by atoms with E-state index in [4.69, 9.17) is 18.3 Å². The van der Waals surface area contributed by atoms with Crippen molar-refractivity contribution in [1.29, 1.82) is 0 Å². The summed E-state index contributed by atoms with van der Waals surface area (Å²) in [6, 6.07) is 1.26. The van der Waals surface area contributed by atoms with Crippen LogP contribution in [0.2, 0.25) is 0 Å². The van der Waals surface area contributed by atoms with Gasteiger partial charge in [-0.2, -0.15) is 0 Å². The van der Waals surface area contributed by atoms with Crippen LogP contribution in [-0.2, 0) is 32.5 Å². The molecule has 1 fully saturated rings. The van der Waals surface area contributed by atoms with Crippen LogP contribution in [0.3, 0.4) is 0 Å². The van der Waals surface area contributed by atoms with Gasteiger partial charge < -0.3 is 4.74 Å². The third-order valence-corrected chi connectivity index (χ3v) is 10.5. The molecule has 0 radical (unpaired) electrons. The Labute approximate surface area is 257 Å². The molecule has 1 aliphatic rings. The highest BCUT2D eigenvalue weighted by molar-refractivity contribution is 8.14. The minimum Gasteiger partial charge on any atom is -0.352 e. The van der Waals surface area contributed by atoms with Gasteiger partial charge in [0, 0.05) is 40.5 Å². The Morgan fingerprint density at radius 2 is 1.48 bits per heavy atom. The highest BCUT2D eigenvalue weighted by Crippen LogP contribution is 2.50. The minimum atomic E-state index is -3.93. The van der Waals surface area contributed by atoms with Crippen LogP contribution in [0.1, 0.15) is 86.8 Å². The number of hydrogen-bond acceptors (Lipinski definition) is 11. The Bertz CT molecular complexity index is 1150. The number of aromatic nitrogens is 2. The monoisotopic (exact) mass is 650 g/mol. The Hall–Kier alpha value is -1.21. The van der Waals surface area contributed by atoms with Crippen LogP contribution < -0.4 is 11.2 Å². The third kappa shape index (κ3) is 12.8. The molecule has 0 amide bonds. The number of rotatable bonds is 16. The molecule has 1 aliphatic heterocycles. The van der Waals surface area contributed by atoms with Gasteiger partial charge in [0.25, 0.3) is 5.56 Å². The van der Waals surface area contributed by atoms with E-state index in [1.165, 1.54) is 40.4 Å². The number of phosphoric acid groups is 1. The zero-order valence-electron chi connectivity index (χ0n) is 25.8. The summed E-state index contributed by atoms with van der Waals surface area (Å²) in [6.07, 6.45) is 3.39. The average molecular weight is 651 g/mol. The summed E-state index contributed by atoms with van der Waals surface area (Å²) in [4.78, 5) is 50.1. The third-order valence-electron chi connectivity index (χ3n) is 6.26. The first kappa shape index (κ1) is 37.0. The van der Waals surface area contributed by atoms with Crippen LogP contribution in [0.25, 0.3) is 0 Å². The molecule has 2 heterocycles. The van der Waals surface area contributed by atoms with Crippen molar-refractivity contribution in [3.63, 3.8) is 0 Å². The van der Waals surface area contributed by atoms with E-state index in [1.54, 1.807) is 0 Å². The standard InChI is InChI=1S/C28H47N2O9PS2/c1-20-18-21(39-23(20)30-13-12-22(31)29-26(30)34)19-38-40(35,36-14-8-10-16-41-24(32)27(2,3)4)37-15-9-11-17-42-25(33)28(5,6)7/h12-13,20-21,23H,8-11,14-19H2,1-7H3,(H,29,31,34). The van der Waals surface area contributed by atoms with E-state index in [2.05, 4.69) is 4.98 Å². The quantitative estimate of drug-likeness (QED) is 0.172. The minimum absolute atomic E-state index is 0.0648. The van der Waals surface area contributed by atoms with Gasteiger partial charge in [-0.1, -0.05) is 72.0 Å². The molecule has 2 rings (SSSR count). The average Bonchev–Trinajstić information content (AvgIpc) is 3.25. The fourth-order valence-corrected chi connectivity index (χ4v) is 7.01. The predicted molar refractivity (Wildman–Crippen MR) is 167 cm³/mol. The van der Waals surface area contributed by atoms with E-state index in [0.29, 0.717) is 43.6 Å². The molecule has 42 heavy (non-hydrogen) atoms. The second-order valence-corrected chi connectivity index (χ2v) is 16.3. The van der Waals surface area contributed by atoms with Crippen LogP contribution in [-0.4, -0.2) is 57.2 Å². The lowest BCUT2D eigenvalue weighted by Crippen LogP contribution is -2.33. The van der Waals surface area contributed by atoms with Gasteiger partial charge in [-0.3, -0.25) is 37.5 Å². The largest absolute Gasteiger partial charge is 0.474 e. The molecular weight excluding hydrogens is 603 g/mol. The number of phosphoric ester groups is 1. The Morgan fingerprint density at radius 1 is 0.952 bits per heavy atom. The molecular formula is C28H47N2O9PS2. The van der Waals surface area contributed by atoms with E-state index < -0.39 is 42.2 Å². The van der Waals surface area contributed by atoms with Crippen molar-refractivity contribution < 1.29 is 32.5 Å². The first-order chi connectivity index (χ1) is 19.5. The molecule has 3 atom stereocenters. The molecule has 0 aromatic carbocycles. The summed E-state index contributed by atoms with van der Waals surface area (Å²) in [7, 11) is -3.93. The lowest BCUT2D eigenvalue weighted by molar-refractivity contribution is -0.118. The fourth-order valence-electron chi connectivity index (χ4n) is 3.80. The number of unbranched alkanes of at least 4 members (excludes halogenated alkanes) is 2. The van der Waals surface area contributed by atoms with Crippen LogP contribution in [0.15, 0.2) is 21.9 Å². The molecule has 0 bridgehead atoms. The summed E-state index contributed by atoms with van der Waals surface area (Å²) in [5.74, 6) is 1.20. The van der Waals surface area contributed by atoms with Gasteiger partial charge in [-0.05, 0) is 32.1 Å². The maximum Gasteiger partial charge on any atom is 0.474 e. The second-order valence-electron chi connectivity index (χ2n) is 12.5. The van der Waals surface area contributed by atoms with E-state index in [1.807, 2.05) is 48.5 Å². The summed E-state index contributed by atoms with van der Waals surface area (Å²) < 4.78 is 37.8. The van der Waals surface area contributed by atoms with Gasteiger partial charge in [0.05, 0.1) is 25.9 Å². The highest BCUT2D eigenvalue weighted by Gasteiger charge is 2.37. The lowest BCUT2D eigenvalue weighted by atomic mass is 9.99. The predicted octanol–water partition coefficient (Wildman–Crippen LogP) is 5.79. The Morgan fingerprint density at radius 3 is 1.95 bits per heavy atom. The van der Waals surface area contributed by atoms with Crippen LogP contribution in [0.5, 0.6) is 0 Å². The van der Waals surface area contributed by atoms with Crippen molar-refractivity contribution in [2.75, 3.05) is 31.3 Å². The van der Waals surface area contributed by atoms with Crippen molar-refractivity contribution in [2.24, 2.45) is 16.7 Å². The summed E-state index contributed by atoms with van der Waals surface area (Å²) >= 11 is 2.56. The van der Waals surface area contributed by atoms with Crippen LogP contribution in [0.4, 0.5) is 0 Å². The normalized spacial score (nSPS) is 19.7. The molecule has 0 saturated carbocycles. The van der Waals surface area contributed by atoms with Crippen molar-refractivity contribution >= 4 is 41.6 Å². The fraction of sp³-hybridized carbons (Fsp3) is 0.786. The smallest absolute Gasteiger partial charge is 0.352 e. The molecule has 3 unspecified atom stereocenters. The van der Waals surface area contributed by atoms with E-state index in [0.717, 1.165) is 0 Å². The molecule has 0 spiro atoms. The number of nitrogens with zero attached hydrogens (tertiary/aromatic N) is 1. The molecule has 1 N–H and O–H groups in total. The Balaban J connectivity index is 1.89. The number of thioether (sulfide) groups is 2. The topological polar surface area (TPSA) is 143 Å². The number of aromatic amines is 1. The summed E-state index contributed by atoms with van der Waals surface area (Å²) in [6.45, 7) is 13.4. The van der Waals surface area contributed by atoms with Crippen LogP contribution >= 0.6 is 31.3 Å². The molecule has 1 aromatic rings. The molecule has 240 valence electrons. The van der Waals surface area contributed by atoms with E-state index >= 15 is 0 Å². The zero-order valence-corrected chi connectivity index (χ0v) is 28.4. The van der Waals surface area contributed by atoms with E-state index in [9.17, 15) is 23.7 Å². The second kappa shape index (κ2) is 16.7. The first-order valence-corrected chi connectivity index (χ1v) is 17.8.